The fourth-order valence-electron chi connectivity index (χ4n) is 8.15. The quantitative estimate of drug-likeness (QED) is 0.289. The summed E-state index contributed by atoms with van der Waals surface area (Å²) in [5.41, 5.74) is 1.63. The molecule has 2 N–H and O–H groups in total. The zero-order valence-electron chi connectivity index (χ0n) is 24.6. The van der Waals surface area contributed by atoms with E-state index in [0.717, 1.165) is 51.0 Å². The van der Waals surface area contributed by atoms with Crippen LogP contribution in [0.4, 0.5) is 18.9 Å². The first kappa shape index (κ1) is 27.7. The van der Waals surface area contributed by atoms with Crippen LogP contribution in [0.5, 0.6) is 5.75 Å². The van der Waals surface area contributed by atoms with Crippen molar-refractivity contribution < 1.29 is 18.3 Å². The van der Waals surface area contributed by atoms with Crippen LogP contribution in [0.2, 0.25) is 0 Å². The number of phenolic OH excluding ortho intramolecular Hbond substituents is 1. The Morgan fingerprint density at radius 2 is 1.93 bits per heavy atom. The zero-order chi connectivity index (χ0) is 30.2. The van der Waals surface area contributed by atoms with E-state index in [-0.39, 0.29) is 22.8 Å². The average molecular weight is 598 g/mol. The third-order valence-corrected chi connectivity index (χ3v) is 10.1. The van der Waals surface area contributed by atoms with Gasteiger partial charge in [-0.1, -0.05) is 18.9 Å². The number of benzene rings is 2. The molecule has 0 radical (unpaired) electrons. The molecule has 226 valence electrons. The van der Waals surface area contributed by atoms with Crippen LogP contribution in [0.25, 0.3) is 32.9 Å². The number of aromatic nitrogens is 2. The van der Waals surface area contributed by atoms with Crippen molar-refractivity contribution in [2.45, 2.75) is 69.2 Å². The lowest BCUT2D eigenvalue weighted by Gasteiger charge is -2.35. The number of nitrogens with one attached hydrogen (secondary N) is 1. The van der Waals surface area contributed by atoms with Crippen molar-refractivity contribution in [3.8, 4) is 28.8 Å². The number of nitrogens with zero attached hydrogens (tertiary/aromatic N) is 4. The third-order valence-electron chi connectivity index (χ3n) is 10.1. The Kier molecular flexibility index (Phi) is 6.51. The van der Waals surface area contributed by atoms with E-state index in [1.54, 1.807) is 18.3 Å². The summed E-state index contributed by atoms with van der Waals surface area (Å²) in [5.74, 6) is 5.53. The molecule has 6 heterocycles. The maximum atomic E-state index is 16.8. The molecule has 0 saturated carbocycles. The van der Waals surface area contributed by atoms with E-state index in [2.05, 4.69) is 31.9 Å². The van der Waals surface area contributed by atoms with Gasteiger partial charge in [-0.2, -0.15) is 0 Å². The molecule has 4 atom stereocenters. The summed E-state index contributed by atoms with van der Waals surface area (Å²) >= 11 is 0. The van der Waals surface area contributed by atoms with Gasteiger partial charge in [0.15, 0.2) is 5.82 Å². The van der Waals surface area contributed by atoms with Crippen molar-refractivity contribution in [2.75, 3.05) is 31.1 Å². The Hall–Kier alpha value is -3.87. The lowest BCUT2D eigenvalue weighted by molar-refractivity contribution is 0.255. The Morgan fingerprint density at radius 1 is 1.11 bits per heavy atom. The summed E-state index contributed by atoms with van der Waals surface area (Å²) in [6.45, 7) is 4.64. The van der Waals surface area contributed by atoms with E-state index in [9.17, 15) is 13.9 Å². The fraction of sp³-hybridized carbons (Fsp3) is 0.429. The minimum Gasteiger partial charge on any atom is -0.508 e. The standard InChI is InChI=1S/C35H34F3N5O/c1-2-26-29(37)7-4-20-12-25(44)14-27(31(20)26)33-32(38)34-28(16-39-33)30(42-18-23-5-6-24(19-42)40-23)13-22(41-34)8-10-35-9-3-11-43(35)17-21(36)15-35/h4,7,12-14,16,21,23-24,40,44H,2-3,5-6,9,11,15,17-19H2,1H3/t21-,23?,24?,35-/m1/s1. The highest BCUT2D eigenvalue weighted by molar-refractivity contribution is 6.02. The monoisotopic (exact) mass is 597 g/mol. The van der Waals surface area contributed by atoms with Gasteiger partial charge in [-0.05, 0) is 85.2 Å². The molecule has 0 amide bonds. The molecule has 0 aliphatic carbocycles. The van der Waals surface area contributed by atoms with Crippen molar-refractivity contribution in [3.63, 3.8) is 0 Å². The molecule has 2 aromatic heterocycles. The number of aromatic hydroxyl groups is 1. The van der Waals surface area contributed by atoms with Crippen molar-refractivity contribution in [2.24, 2.45) is 0 Å². The van der Waals surface area contributed by atoms with Crippen LogP contribution >= 0.6 is 0 Å². The highest BCUT2D eigenvalue weighted by atomic mass is 19.1. The van der Waals surface area contributed by atoms with Gasteiger partial charge in [0.1, 0.15) is 34.6 Å². The lowest BCUT2D eigenvalue weighted by Crippen LogP contribution is -2.51. The molecule has 4 aliphatic heterocycles. The molecule has 4 aromatic rings. The van der Waals surface area contributed by atoms with Crippen LogP contribution in [0, 0.1) is 23.5 Å². The van der Waals surface area contributed by atoms with E-state index < -0.39 is 17.5 Å². The van der Waals surface area contributed by atoms with Gasteiger partial charge in [0.2, 0.25) is 0 Å². The molecule has 4 aliphatic rings. The minimum atomic E-state index is -0.901. The summed E-state index contributed by atoms with van der Waals surface area (Å²) < 4.78 is 46.2. The van der Waals surface area contributed by atoms with Crippen LogP contribution in [-0.4, -0.2) is 69.9 Å². The van der Waals surface area contributed by atoms with Gasteiger partial charge in [-0.25, -0.2) is 18.2 Å². The number of alkyl halides is 1. The van der Waals surface area contributed by atoms with E-state index >= 15 is 4.39 Å². The first-order valence-corrected chi connectivity index (χ1v) is 15.7. The second-order valence-electron chi connectivity index (χ2n) is 12.9. The van der Waals surface area contributed by atoms with Gasteiger partial charge in [0.25, 0.3) is 0 Å². The smallest absolute Gasteiger partial charge is 0.175 e. The summed E-state index contributed by atoms with van der Waals surface area (Å²) in [6, 6.07) is 8.59. The van der Waals surface area contributed by atoms with Crippen molar-refractivity contribution >= 4 is 27.4 Å². The maximum absolute atomic E-state index is 16.8. The van der Waals surface area contributed by atoms with Gasteiger partial charge in [-0.15, -0.1) is 0 Å². The Labute approximate surface area is 254 Å². The minimum absolute atomic E-state index is 0.000680. The number of rotatable bonds is 3. The van der Waals surface area contributed by atoms with E-state index in [0.29, 0.717) is 64.4 Å². The first-order valence-electron chi connectivity index (χ1n) is 15.7. The van der Waals surface area contributed by atoms with E-state index in [1.807, 2.05) is 13.0 Å². The molecule has 4 saturated heterocycles. The van der Waals surface area contributed by atoms with Gasteiger partial charge in [0, 0.05) is 55.3 Å². The molecule has 0 spiro atoms. The topological polar surface area (TPSA) is 64.5 Å². The van der Waals surface area contributed by atoms with E-state index in [1.165, 1.54) is 12.1 Å². The number of aryl methyl sites for hydroxylation is 1. The molecule has 8 rings (SSSR count). The predicted octanol–water partition coefficient (Wildman–Crippen LogP) is 5.86. The number of anilines is 1. The molecule has 44 heavy (non-hydrogen) atoms. The summed E-state index contributed by atoms with van der Waals surface area (Å²) in [7, 11) is 0. The number of hydrogen-bond donors (Lipinski definition) is 2. The van der Waals surface area contributed by atoms with Crippen molar-refractivity contribution in [3.05, 3.63) is 59.4 Å². The lowest BCUT2D eigenvalue weighted by atomic mass is 9.94. The second-order valence-corrected chi connectivity index (χ2v) is 12.9. The number of pyridine rings is 2. The molecule has 6 nitrogen and oxygen atoms in total. The SMILES string of the molecule is CCc1c(F)ccc2cc(O)cc(-c3ncc4c(N5CC6CCC(C5)N6)cc(C#C[C@@]56CCCN5C[C@H](F)C6)nc4c3F)c12. The van der Waals surface area contributed by atoms with Crippen LogP contribution in [0.15, 0.2) is 36.5 Å². The first-order chi connectivity index (χ1) is 21.3. The predicted molar refractivity (Wildman–Crippen MR) is 166 cm³/mol. The molecule has 9 heteroatoms. The Morgan fingerprint density at radius 3 is 2.73 bits per heavy atom. The summed E-state index contributed by atoms with van der Waals surface area (Å²) in [6.07, 6.45) is 5.48. The van der Waals surface area contributed by atoms with Gasteiger partial charge in [0.05, 0.1) is 11.2 Å². The average Bonchev–Trinajstić information content (AvgIpc) is 3.66. The van der Waals surface area contributed by atoms with Crippen molar-refractivity contribution in [1.82, 2.24) is 20.2 Å². The van der Waals surface area contributed by atoms with Crippen LogP contribution in [0.1, 0.15) is 50.3 Å². The number of phenols is 1. The number of piperazine rings is 1. The van der Waals surface area contributed by atoms with Crippen LogP contribution in [0.3, 0.4) is 0 Å². The maximum Gasteiger partial charge on any atom is 0.175 e. The molecule has 4 fully saturated rings. The summed E-state index contributed by atoms with van der Waals surface area (Å²) in [5, 5.41) is 15.9. The fourth-order valence-corrected chi connectivity index (χ4v) is 8.15. The molecule has 2 unspecified atom stereocenters. The second kappa shape index (κ2) is 10.4. The molecule has 2 aromatic carbocycles. The van der Waals surface area contributed by atoms with Gasteiger partial charge < -0.3 is 15.3 Å². The van der Waals surface area contributed by atoms with Crippen LogP contribution in [-0.2, 0) is 6.42 Å². The highest BCUT2D eigenvalue weighted by Gasteiger charge is 2.47. The number of fused-ring (bicyclic) bond motifs is 5. The zero-order valence-corrected chi connectivity index (χ0v) is 24.6. The number of halogens is 3. The Balaban J connectivity index is 1.33. The van der Waals surface area contributed by atoms with Gasteiger partial charge in [-0.3, -0.25) is 9.88 Å². The molecular formula is C35H34F3N5O. The van der Waals surface area contributed by atoms with E-state index in [4.69, 9.17) is 4.98 Å². The highest BCUT2D eigenvalue weighted by Crippen LogP contribution is 2.41. The van der Waals surface area contributed by atoms with Crippen LogP contribution < -0.4 is 10.2 Å². The normalized spacial score (nSPS) is 26.4. The molecular weight excluding hydrogens is 563 g/mol. The summed E-state index contributed by atoms with van der Waals surface area (Å²) in [4.78, 5) is 13.8. The number of hydrogen-bond acceptors (Lipinski definition) is 6. The molecule has 2 bridgehead atoms. The Bertz CT molecular complexity index is 1870. The van der Waals surface area contributed by atoms with Crippen molar-refractivity contribution in [1.29, 1.82) is 0 Å². The largest absolute Gasteiger partial charge is 0.508 e. The third kappa shape index (κ3) is 4.41. The van der Waals surface area contributed by atoms with Gasteiger partial charge >= 0.3 is 0 Å².